The van der Waals surface area contributed by atoms with E-state index in [1.807, 2.05) is 159 Å². The van der Waals surface area contributed by atoms with Crippen LogP contribution in [0.2, 0.25) is 0 Å². The largest absolute Gasteiger partial charge is 0.358 e. The van der Waals surface area contributed by atoms with Crippen LogP contribution in [0.1, 0.15) is 47.1 Å². The summed E-state index contributed by atoms with van der Waals surface area (Å²) in [7, 11) is 4.08. The van der Waals surface area contributed by atoms with Crippen molar-refractivity contribution in [3.63, 3.8) is 0 Å². The number of pyridine rings is 2. The molecule has 5 aromatic rings. The van der Waals surface area contributed by atoms with Crippen molar-refractivity contribution in [2.45, 2.75) is 41.5 Å². The van der Waals surface area contributed by atoms with Gasteiger partial charge in [0.05, 0.1) is 0 Å². The van der Waals surface area contributed by atoms with E-state index in [1.165, 1.54) is 11.4 Å². The van der Waals surface area contributed by atoms with Gasteiger partial charge < -0.3 is 19.8 Å². The van der Waals surface area contributed by atoms with Gasteiger partial charge in [0.2, 0.25) is 0 Å². The quantitative estimate of drug-likeness (QED) is 0.0796. The van der Waals surface area contributed by atoms with E-state index in [-0.39, 0.29) is 34.3 Å². The summed E-state index contributed by atoms with van der Waals surface area (Å²) in [4.78, 5) is 4.22. The van der Waals surface area contributed by atoms with E-state index >= 15 is 0 Å². The van der Waals surface area contributed by atoms with Crippen molar-refractivity contribution in [1.82, 2.24) is 4.98 Å². The van der Waals surface area contributed by atoms with E-state index in [4.69, 9.17) is 0 Å². The number of aryl methyl sites for hydroxylation is 1. The Balaban J connectivity index is -0.000000539. The van der Waals surface area contributed by atoms with E-state index in [2.05, 4.69) is 56.6 Å². The first-order chi connectivity index (χ1) is 20.6. The number of benzene rings is 3. The molecule has 1 radical (unpaired) electrons. The van der Waals surface area contributed by atoms with Gasteiger partial charge in [0.25, 0.3) is 0 Å². The van der Waals surface area contributed by atoms with Crippen LogP contribution in [-0.2, 0) is 26.5 Å². The van der Waals surface area contributed by atoms with Crippen LogP contribution < -0.4 is 4.57 Å². The van der Waals surface area contributed by atoms with Gasteiger partial charge in [-0.1, -0.05) is 63.1 Å². The fourth-order valence-corrected chi connectivity index (χ4v) is 3.67. The summed E-state index contributed by atoms with van der Waals surface area (Å²) in [6.07, 6.45) is 7.95. The van der Waals surface area contributed by atoms with Gasteiger partial charge in [-0.15, -0.1) is 96.6 Å². The fourth-order valence-electron chi connectivity index (χ4n) is 3.67. The van der Waals surface area contributed by atoms with Gasteiger partial charge in [-0.05, 0) is 24.8 Å². The Kier molecular flexibility index (Phi) is 29.0. The molecule has 0 atom stereocenters. The van der Waals surface area contributed by atoms with Crippen LogP contribution in [0, 0.1) is 33.1 Å². The first-order valence-electron chi connectivity index (χ1n) is 14.6. The van der Waals surface area contributed by atoms with Crippen LogP contribution in [0.15, 0.2) is 128 Å². The Morgan fingerprint density at radius 1 is 0.689 bits per heavy atom. The minimum absolute atomic E-state index is 0. The van der Waals surface area contributed by atoms with Crippen LogP contribution >= 0.6 is 0 Å². The maximum atomic E-state index is 4.22. The van der Waals surface area contributed by atoms with Gasteiger partial charge in [0.15, 0.2) is 6.20 Å². The number of rotatable bonds is 4. The van der Waals surface area contributed by atoms with E-state index < -0.39 is 0 Å². The molecule has 0 spiro atoms. The molecule has 0 aliphatic carbocycles. The van der Waals surface area contributed by atoms with E-state index in [0.717, 1.165) is 22.4 Å². The summed E-state index contributed by atoms with van der Waals surface area (Å²) in [5.74, 6) is 0. The molecule has 2 aromatic heterocycles. The summed E-state index contributed by atoms with van der Waals surface area (Å²) in [5, 5.41) is 0. The van der Waals surface area contributed by atoms with E-state index in [1.54, 1.807) is 6.20 Å². The number of hydrogen-bond acceptors (Lipinski definition) is 1. The summed E-state index contributed by atoms with van der Waals surface area (Å²) in [6.45, 7) is 12.1. The monoisotopic (exact) mass is 689 g/mol. The molecule has 0 fully saturated rings. The van der Waals surface area contributed by atoms with Crippen molar-refractivity contribution in [1.29, 1.82) is 0 Å². The molecule has 0 saturated carbocycles. The molecule has 3 aromatic carbocycles. The van der Waals surface area contributed by atoms with E-state index in [0.29, 0.717) is 0 Å². The molecule has 243 valence electrons. The SMILES string of the molecule is CC.CC.CC=[N+](C)/C(=C\C)c1[c-]cccc1.C[n+]1ccccc1-c1[c-]cccc1.[CH3-].[CH3-].[Rh].[c-]1ccccc1-c1ccccn1. The fraction of sp³-hybridized carbons (Fsp3) is 0.195. The van der Waals surface area contributed by atoms with Gasteiger partial charge in [-0.3, -0.25) is 0 Å². The maximum absolute atomic E-state index is 4.22. The number of allylic oxidation sites excluding steroid dienone is 1. The minimum atomic E-state index is 0. The summed E-state index contributed by atoms with van der Waals surface area (Å²) in [5.41, 5.74) is 6.64. The molecule has 0 amide bonds. The smallest absolute Gasteiger partial charge is 0.160 e. The third-order valence-electron chi connectivity index (χ3n) is 5.72. The van der Waals surface area contributed by atoms with Gasteiger partial charge in [0.1, 0.15) is 31.7 Å². The summed E-state index contributed by atoms with van der Waals surface area (Å²) < 4.78 is 4.18. The molecule has 4 heteroatoms. The minimum Gasteiger partial charge on any atom is -0.358 e. The topological polar surface area (TPSA) is 19.8 Å². The summed E-state index contributed by atoms with van der Waals surface area (Å²) >= 11 is 0. The van der Waals surface area contributed by atoms with E-state index in [9.17, 15) is 0 Å². The molecule has 0 saturated heterocycles. The third kappa shape index (κ3) is 16.6. The van der Waals surface area contributed by atoms with Crippen molar-refractivity contribution in [2.75, 3.05) is 7.05 Å². The van der Waals surface area contributed by atoms with Crippen molar-refractivity contribution < 1.29 is 28.6 Å². The molecule has 0 N–H and O–H groups in total. The molecule has 45 heavy (non-hydrogen) atoms. The number of aromatic nitrogens is 2. The van der Waals surface area contributed by atoms with Crippen LogP contribution in [0.3, 0.4) is 0 Å². The standard InChI is InChI=1S/C12H11N.C12H15N.C11H8N.2C2H6.2CH3.Rh/c1-13-10-6-5-9-12(13)11-7-3-2-4-8-11;1-4-12(13(3)5-2)11-9-7-6-8-10-11;1-2-6-10(7-3-1)11-8-4-5-9-12-11;2*1-2;;;/h2-7,9-10H,1H3;4-9H,1-3H3;1-6,8-9H;2*1-2H3;2*1H3;/q;;-1;;;2*-1;/b;12-4-,13-5?;;;;;;. The average molecular weight is 690 g/mol. The van der Waals surface area contributed by atoms with Gasteiger partial charge >= 0.3 is 0 Å². The molecular weight excluding hydrogens is 637 g/mol. The Morgan fingerprint density at radius 3 is 1.67 bits per heavy atom. The van der Waals surface area contributed by atoms with Gasteiger partial charge in [0, 0.05) is 38.7 Å². The molecular formula is C41H52N3Rh-3. The van der Waals surface area contributed by atoms with Crippen LogP contribution in [0.4, 0.5) is 0 Å². The van der Waals surface area contributed by atoms with Gasteiger partial charge in [-0.2, -0.15) is 0 Å². The average Bonchev–Trinajstić information content (AvgIpc) is 3.09. The zero-order valence-corrected chi connectivity index (χ0v) is 30.5. The molecule has 5 rings (SSSR count). The molecule has 2 heterocycles. The molecule has 3 nitrogen and oxygen atoms in total. The van der Waals surface area contributed by atoms with Crippen LogP contribution in [0.5, 0.6) is 0 Å². The first kappa shape index (κ1) is 45.4. The van der Waals surface area contributed by atoms with Crippen LogP contribution in [0.25, 0.3) is 28.2 Å². The Morgan fingerprint density at radius 2 is 1.22 bits per heavy atom. The Labute approximate surface area is 288 Å². The zero-order chi connectivity index (χ0) is 31.0. The van der Waals surface area contributed by atoms with Crippen molar-refractivity contribution in [3.8, 4) is 22.5 Å². The second-order valence-corrected chi connectivity index (χ2v) is 8.28. The number of hydrogen-bond donors (Lipinski definition) is 0. The molecule has 0 aliphatic rings. The first-order valence-corrected chi connectivity index (χ1v) is 14.6. The number of nitrogens with zero attached hydrogens (tertiary/aromatic N) is 3. The Hall–Kier alpha value is -4.01. The third-order valence-corrected chi connectivity index (χ3v) is 5.72. The second kappa shape index (κ2) is 28.7. The zero-order valence-electron chi connectivity index (χ0n) is 28.9. The van der Waals surface area contributed by atoms with Crippen molar-refractivity contribution in [3.05, 3.63) is 166 Å². The molecule has 0 bridgehead atoms. The Bertz CT molecular complexity index is 1380. The summed E-state index contributed by atoms with van der Waals surface area (Å²) in [6, 6.07) is 45.4. The predicted octanol–water partition coefficient (Wildman–Crippen LogP) is 10.1. The van der Waals surface area contributed by atoms with Gasteiger partial charge in [-0.25, -0.2) is 9.14 Å². The predicted molar refractivity (Wildman–Crippen MR) is 193 cm³/mol. The maximum Gasteiger partial charge on any atom is 0.160 e. The molecule has 0 aliphatic heterocycles. The normalized spacial score (nSPS) is 9.51. The van der Waals surface area contributed by atoms with Crippen LogP contribution in [-0.4, -0.2) is 22.8 Å². The van der Waals surface area contributed by atoms with Crippen molar-refractivity contribution in [2.24, 2.45) is 7.05 Å². The molecule has 0 unspecified atom stereocenters. The second-order valence-electron chi connectivity index (χ2n) is 8.28. The van der Waals surface area contributed by atoms with Crippen molar-refractivity contribution >= 4 is 11.9 Å².